The number of aromatic nitrogens is 2. The van der Waals surface area contributed by atoms with Crippen LogP contribution < -0.4 is 15.4 Å². The predicted molar refractivity (Wildman–Crippen MR) is 69.8 cm³/mol. The molecule has 0 radical (unpaired) electrons. The normalized spacial score (nSPS) is 30.2. The van der Waals surface area contributed by atoms with Crippen LogP contribution in [0.5, 0.6) is 5.88 Å². The summed E-state index contributed by atoms with van der Waals surface area (Å²) in [6.45, 7) is 2.59. The first kappa shape index (κ1) is 11.7. The zero-order valence-electron chi connectivity index (χ0n) is 10.7. The van der Waals surface area contributed by atoms with E-state index in [-0.39, 0.29) is 0 Å². The van der Waals surface area contributed by atoms with Crippen LogP contribution in [0.15, 0.2) is 12.4 Å². The van der Waals surface area contributed by atoms with Crippen LogP contribution in [0.2, 0.25) is 0 Å². The van der Waals surface area contributed by atoms with Crippen LogP contribution in [-0.2, 0) is 0 Å². The molecule has 0 aliphatic carbocycles. The van der Waals surface area contributed by atoms with E-state index in [1.807, 2.05) is 13.0 Å². The molecule has 1 aromatic heterocycles. The predicted octanol–water partition coefficient (Wildman–Crippen LogP) is 1.57. The van der Waals surface area contributed by atoms with Gasteiger partial charge >= 0.3 is 0 Å². The molecule has 3 rings (SSSR count). The van der Waals surface area contributed by atoms with E-state index in [4.69, 9.17) is 4.74 Å². The summed E-state index contributed by atoms with van der Waals surface area (Å²) < 4.78 is 5.39. The summed E-state index contributed by atoms with van der Waals surface area (Å²) >= 11 is 0. The van der Waals surface area contributed by atoms with Gasteiger partial charge < -0.3 is 15.4 Å². The van der Waals surface area contributed by atoms with Crippen molar-refractivity contribution in [2.45, 2.75) is 50.7 Å². The van der Waals surface area contributed by atoms with Crippen molar-refractivity contribution in [2.75, 3.05) is 11.9 Å². The zero-order chi connectivity index (χ0) is 12.4. The van der Waals surface area contributed by atoms with Gasteiger partial charge in [0.2, 0.25) is 5.88 Å². The van der Waals surface area contributed by atoms with Gasteiger partial charge in [0.15, 0.2) is 0 Å². The van der Waals surface area contributed by atoms with Crippen LogP contribution in [0, 0.1) is 0 Å². The Labute approximate surface area is 107 Å². The lowest BCUT2D eigenvalue weighted by molar-refractivity contribution is 0.326. The fourth-order valence-electron chi connectivity index (χ4n) is 3.03. The molecular formula is C13H20N4O. The number of piperidine rings is 1. The number of ether oxygens (including phenoxy) is 1. The molecule has 5 heteroatoms. The van der Waals surface area contributed by atoms with Crippen molar-refractivity contribution >= 4 is 5.82 Å². The standard InChI is InChI=1S/C13H20N4O/c1-2-18-13-7-12(14-8-15-13)17-11-5-9-3-4-10(6-11)16-9/h7-11,16H,2-6H2,1H3,(H,14,15,17). The number of nitrogens with zero attached hydrogens (tertiary/aromatic N) is 2. The van der Waals surface area contributed by atoms with E-state index in [1.165, 1.54) is 25.7 Å². The monoisotopic (exact) mass is 248 g/mol. The molecular weight excluding hydrogens is 228 g/mol. The molecule has 18 heavy (non-hydrogen) atoms. The Kier molecular flexibility index (Phi) is 3.32. The van der Waals surface area contributed by atoms with Crippen LogP contribution in [0.4, 0.5) is 5.82 Å². The fraction of sp³-hybridized carbons (Fsp3) is 0.692. The smallest absolute Gasteiger partial charge is 0.218 e. The molecule has 2 bridgehead atoms. The molecule has 2 saturated heterocycles. The summed E-state index contributed by atoms with van der Waals surface area (Å²) in [5.41, 5.74) is 0. The lowest BCUT2D eigenvalue weighted by atomic mass is 10.00. The molecule has 3 heterocycles. The van der Waals surface area contributed by atoms with Crippen molar-refractivity contribution < 1.29 is 4.74 Å². The van der Waals surface area contributed by atoms with Crippen LogP contribution in [0.1, 0.15) is 32.6 Å². The Morgan fingerprint density at radius 2 is 2.11 bits per heavy atom. The maximum Gasteiger partial charge on any atom is 0.218 e. The Morgan fingerprint density at radius 1 is 1.33 bits per heavy atom. The van der Waals surface area contributed by atoms with Crippen LogP contribution in [0.25, 0.3) is 0 Å². The van der Waals surface area contributed by atoms with Crippen LogP contribution >= 0.6 is 0 Å². The second-order valence-corrected chi connectivity index (χ2v) is 5.13. The minimum atomic E-state index is 0.521. The van der Waals surface area contributed by atoms with Crippen molar-refractivity contribution in [1.29, 1.82) is 0 Å². The first-order valence-electron chi connectivity index (χ1n) is 6.81. The van der Waals surface area contributed by atoms with Crippen molar-refractivity contribution in [2.24, 2.45) is 0 Å². The first-order chi connectivity index (χ1) is 8.83. The molecule has 5 nitrogen and oxygen atoms in total. The third kappa shape index (κ3) is 2.56. The zero-order valence-corrected chi connectivity index (χ0v) is 10.7. The van der Waals surface area contributed by atoms with Crippen LogP contribution in [0.3, 0.4) is 0 Å². The molecule has 2 atom stereocenters. The van der Waals surface area contributed by atoms with E-state index < -0.39 is 0 Å². The Balaban J connectivity index is 1.63. The molecule has 0 spiro atoms. The fourth-order valence-corrected chi connectivity index (χ4v) is 3.03. The molecule has 0 amide bonds. The average molecular weight is 248 g/mol. The molecule has 2 unspecified atom stereocenters. The number of anilines is 1. The molecule has 2 fully saturated rings. The van der Waals surface area contributed by atoms with E-state index in [1.54, 1.807) is 6.33 Å². The summed E-state index contributed by atoms with van der Waals surface area (Å²) in [4.78, 5) is 8.34. The first-order valence-corrected chi connectivity index (χ1v) is 6.81. The molecule has 2 aliphatic heterocycles. The minimum absolute atomic E-state index is 0.521. The van der Waals surface area contributed by atoms with E-state index in [9.17, 15) is 0 Å². The van der Waals surface area contributed by atoms with E-state index in [0.29, 0.717) is 30.6 Å². The lowest BCUT2D eigenvalue weighted by Crippen LogP contribution is -2.43. The Hall–Kier alpha value is -1.36. The molecule has 2 aliphatic rings. The SMILES string of the molecule is CCOc1cc(NC2CC3CCC(C2)N3)ncn1. The highest BCUT2D eigenvalue weighted by atomic mass is 16.5. The van der Waals surface area contributed by atoms with Gasteiger partial charge in [-0.05, 0) is 32.6 Å². The number of hydrogen-bond donors (Lipinski definition) is 2. The van der Waals surface area contributed by atoms with Gasteiger partial charge in [0, 0.05) is 24.2 Å². The summed E-state index contributed by atoms with van der Waals surface area (Å²) in [6.07, 6.45) is 6.56. The third-order valence-electron chi connectivity index (χ3n) is 3.76. The molecule has 2 N–H and O–H groups in total. The number of hydrogen-bond acceptors (Lipinski definition) is 5. The van der Waals surface area contributed by atoms with Gasteiger partial charge in [0.25, 0.3) is 0 Å². The Morgan fingerprint density at radius 3 is 2.83 bits per heavy atom. The molecule has 98 valence electrons. The second-order valence-electron chi connectivity index (χ2n) is 5.13. The van der Waals surface area contributed by atoms with Crippen molar-refractivity contribution in [3.8, 4) is 5.88 Å². The molecule has 1 aromatic rings. The second kappa shape index (κ2) is 5.10. The van der Waals surface area contributed by atoms with Gasteiger partial charge in [-0.2, -0.15) is 0 Å². The summed E-state index contributed by atoms with van der Waals surface area (Å²) in [5, 5.41) is 7.15. The summed E-state index contributed by atoms with van der Waals surface area (Å²) in [7, 11) is 0. The summed E-state index contributed by atoms with van der Waals surface area (Å²) in [6, 6.07) is 3.78. The molecule has 0 saturated carbocycles. The van der Waals surface area contributed by atoms with Crippen molar-refractivity contribution in [1.82, 2.24) is 15.3 Å². The van der Waals surface area contributed by atoms with E-state index >= 15 is 0 Å². The Bertz CT molecular complexity index is 400. The highest BCUT2D eigenvalue weighted by Gasteiger charge is 2.33. The lowest BCUT2D eigenvalue weighted by Gasteiger charge is -2.30. The number of rotatable bonds is 4. The topological polar surface area (TPSA) is 59.1 Å². The number of nitrogens with one attached hydrogen (secondary N) is 2. The number of fused-ring (bicyclic) bond motifs is 2. The van der Waals surface area contributed by atoms with Gasteiger partial charge in [0.05, 0.1) is 6.61 Å². The highest BCUT2D eigenvalue weighted by molar-refractivity contribution is 5.38. The van der Waals surface area contributed by atoms with E-state index in [2.05, 4.69) is 20.6 Å². The van der Waals surface area contributed by atoms with Crippen LogP contribution in [-0.4, -0.2) is 34.7 Å². The van der Waals surface area contributed by atoms with E-state index in [0.717, 1.165) is 5.82 Å². The summed E-state index contributed by atoms with van der Waals surface area (Å²) in [5.74, 6) is 1.52. The molecule has 0 aromatic carbocycles. The van der Waals surface area contributed by atoms with Gasteiger partial charge in [-0.1, -0.05) is 0 Å². The largest absolute Gasteiger partial charge is 0.478 e. The quantitative estimate of drug-likeness (QED) is 0.847. The average Bonchev–Trinajstić information content (AvgIpc) is 2.70. The third-order valence-corrected chi connectivity index (χ3v) is 3.76. The van der Waals surface area contributed by atoms with Gasteiger partial charge in [0.1, 0.15) is 12.1 Å². The van der Waals surface area contributed by atoms with Gasteiger partial charge in [-0.3, -0.25) is 0 Å². The van der Waals surface area contributed by atoms with Crippen molar-refractivity contribution in [3.05, 3.63) is 12.4 Å². The maximum absolute atomic E-state index is 5.39. The van der Waals surface area contributed by atoms with Gasteiger partial charge in [-0.15, -0.1) is 0 Å². The minimum Gasteiger partial charge on any atom is -0.478 e. The van der Waals surface area contributed by atoms with Gasteiger partial charge in [-0.25, -0.2) is 9.97 Å². The highest BCUT2D eigenvalue weighted by Crippen LogP contribution is 2.28. The maximum atomic E-state index is 5.39. The van der Waals surface area contributed by atoms with Crippen molar-refractivity contribution in [3.63, 3.8) is 0 Å².